The van der Waals surface area contributed by atoms with Crippen molar-refractivity contribution in [1.82, 2.24) is 4.90 Å². The molecule has 0 heterocycles. The molecule has 2 fully saturated rings. The van der Waals surface area contributed by atoms with Crippen LogP contribution in [-0.4, -0.2) is 36.4 Å². The lowest BCUT2D eigenvalue weighted by Crippen LogP contribution is -2.32. The number of likely N-dealkylation sites (N-methyl/N-ethyl adjacent to an activating group) is 1. The standard InChI is InChI=1S/C30H48N2O2/c1-7-20(3)27(30(34)32(6)8-2)19-31-28-14-22(5)25(13-12-21(28)4)18-29(33)26-16-23-10-9-11-24(15-23)17-26/h14,19,21-26H,7-13,15-18H2,1-6H3. The van der Waals surface area contributed by atoms with Gasteiger partial charge in [-0.2, -0.15) is 0 Å². The number of Topliss-reactive ketones (excluding diaryl/α,β-unsaturated/α-hetero) is 1. The molecule has 4 nitrogen and oxygen atoms in total. The van der Waals surface area contributed by atoms with Crippen molar-refractivity contribution in [1.29, 1.82) is 0 Å². The maximum Gasteiger partial charge on any atom is 0.255 e. The summed E-state index contributed by atoms with van der Waals surface area (Å²) in [5.41, 5.74) is 2.86. The molecule has 0 aliphatic heterocycles. The van der Waals surface area contributed by atoms with Crippen LogP contribution in [0.5, 0.6) is 0 Å². The Balaban J connectivity index is 1.69. The van der Waals surface area contributed by atoms with E-state index in [0.29, 0.717) is 41.6 Å². The number of rotatable bonds is 8. The summed E-state index contributed by atoms with van der Waals surface area (Å²) in [7, 11) is 1.84. The average Bonchev–Trinajstić information content (AvgIpc) is 2.96. The molecule has 190 valence electrons. The molecule has 0 aromatic carbocycles. The lowest BCUT2D eigenvalue weighted by molar-refractivity contribution is -0.127. The van der Waals surface area contributed by atoms with Crippen LogP contribution in [0.25, 0.3) is 0 Å². The van der Waals surface area contributed by atoms with Crippen LogP contribution in [0.3, 0.4) is 0 Å². The second-order valence-electron chi connectivity index (χ2n) is 11.6. The molecule has 3 rings (SSSR count). The topological polar surface area (TPSA) is 49.7 Å². The van der Waals surface area contributed by atoms with E-state index in [4.69, 9.17) is 4.99 Å². The van der Waals surface area contributed by atoms with Crippen LogP contribution in [-0.2, 0) is 9.59 Å². The number of carbonyl (C=O) groups is 2. The molecule has 0 saturated heterocycles. The van der Waals surface area contributed by atoms with Crippen molar-refractivity contribution >= 4 is 17.9 Å². The Kier molecular flexibility index (Phi) is 9.74. The first kappa shape index (κ1) is 26.9. The van der Waals surface area contributed by atoms with E-state index in [2.05, 4.69) is 26.8 Å². The van der Waals surface area contributed by atoms with Gasteiger partial charge < -0.3 is 4.90 Å². The predicted octanol–water partition coefficient (Wildman–Crippen LogP) is 7.00. The monoisotopic (exact) mass is 468 g/mol. The van der Waals surface area contributed by atoms with Crippen LogP contribution in [0.1, 0.15) is 98.8 Å². The Morgan fingerprint density at radius 2 is 1.74 bits per heavy atom. The van der Waals surface area contributed by atoms with Crippen molar-refractivity contribution in [2.45, 2.75) is 98.8 Å². The van der Waals surface area contributed by atoms with Gasteiger partial charge in [0, 0.05) is 37.8 Å². The number of nitrogens with zero attached hydrogens (tertiary/aromatic N) is 2. The van der Waals surface area contributed by atoms with Crippen LogP contribution < -0.4 is 0 Å². The lowest BCUT2D eigenvalue weighted by atomic mass is 9.66. The fourth-order valence-electron chi connectivity index (χ4n) is 6.35. The van der Waals surface area contributed by atoms with E-state index in [-0.39, 0.29) is 5.91 Å². The van der Waals surface area contributed by atoms with Gasteiger partial charge in [-0.15, -0.1) is 0 Å². The third-order valence-electron chi connectivity index (χ3n) is 9.08. The molecule has 2 bridgehead atoms. The number of amides is 1. The molecule has 1 amide bonds. The van der Waals surface area contributed by atoms with Gasteiger partial charge in [-0.1, -0.05) is 51.7 Å². The number of ketones is 1. The zero-order valence-electron chi connectivity index (χ0n) is 22.6. The molecule has 3 aliphatic rings. The van der Waals surface area contributed by atoms with E-state index in [1.807, 2.05) is 20.9 Å². The third kappa shape index (κ3) is 6.70. The summed E-state index contributed by atoms with van der Waals surface area (Å²) in [6.45, 7) is 11.3. The summed E-state index contributed by atoms with van der Waals surface area (Å²) in [4.78, 5) is 32.8. The first-order chi connectivity index (χ1) is 16.2. The molecule has 4 heteroatoms. The number of hydrogen-bond acceptors (Lipinski definition) is 3. The van der Waals surface area contributed by atoms with Crippen molar-refractivity contribution in [3.05, 3.63) is 22.9 Å². The van der Waals surface area contributed by atoms with Gasteiger partial charge in [0.25, 0.3) is 5.91 Å². The smallest absolute Gasteiger partial charge is 0.255 e. The second kappa shape index (κ2) is 12.3. The number of hydrogen-bond donors (Lipinski definition) is 0. The Morgan fingerprint density at radius 3 is 2.35 bits per heavy atom. The molecule has 5 unspecified atom stereocenters. The van der Waals surface area contributed by atoms with Gasteiger partial charge in [0.1, 0.15) is 5.78 Å². The molecule has 2 saturated carbocycles. The summed E-state index contributed by atoms with van der Waals surface area (Å²) in [5, 5.41) is 0. The van der Waals surface area contributed by atoms with E-state index >= 15 is 0 Å². The van der Waals surface area contributed by atoms with E-state index in [1.165, 1.54) is 25.7 Å². The number of carbonyl (C=O) groups excluding carboxylic acids is 2. The quantitative estimate of drug-likeness (QED) is 0.284. The minimum atomic E-state index is 0.0428. The second-order valence-corrected chi connectivity index (χ2v) is 11.6. The van der Waals surface area contributed by atoms with Gasteiger partial charge >= 0.3 is 0 Å². The summed E-state index contributed by atoms with van der Waals surface area (Å²) >= 11 is 0. The van der Waals surface area contributed by atoms with Gasteiger partial charge in [0.2, 0.25) is 0 Å². The zero-order valence-corrected chi connectivity index (χ0v) is 22.6. The first-order valence-corrected chi connectivity index (χ1v) is 14.0. The van der Waals surface area contributed by atoms with Crippen LogP contribution in [0.2, 0.25) is 0 Å². The van der Waals surface area contributed by atoms with Crippen molar-refractivity contribution in [2.75, 3.05) is 13.6 Å². The number of aliphatic imine (C=N–C) groups is 1. The van der Waals surface area contributed by atoms with Crippen molar-refractivity contribution < 1.29 is 9.59 Å². The van der Waals surface area contributed by atoms with Gasteiger partial charge in [-0.25, -0.2) is 0 Å². The Bertz CT molecular complexity index is 812. The van der Waals surface area contributed by atoms with Crippen LogP contribution in [0.4, 0.5) is 0 Å². The average molecular weight is 469 g/mol. The molecule has 0 N–H and O–H groups in total. The summed E-state index contributed by atoms with van der Waals surface area (Å²) in [6.07, 6.45) is 15.5. The maximum atomic E-state index is 13.3. The minimum absolute atomic E-state index is 0.0428. The van der Waals surface area contributed by atoms with Gasteiger partial charge in [0.15, 0.2) is 0 Å². The Morgan fingerprint density at radius 1 is 1.06 bits per heavy atom. The molecule has 5 atom stereocenters. The highest BCUT2D eigenvalue weighted by molar-refractivity contribution is 6.12. The van der Waals surface area contributed by atoms with Crippen LogP contribution in [0.15, 0.2) is 27.9 Å². The maximum absolute atomic E-state index is 13.3. The Hall–Kier alpha value is -1.71. The minimum Gasteiger partial charge on any atom is -0.342 e. The molecule has 34 heavy (non-hydrogen) atoms. The summed E-state index contributed by atoms with van der Waals surface area (Å²) in [6, 6.07) is 0. The van der Waals surface area contributed by atoms with Crippen molar-refractivity contribution in [2.24, 2.45) is 40.5 Å². The molecule has 3 aliphatic carbocycles. The molecule has 0 aromatic heterocycles. The predicted molar refractivity (Wildman–Crippen MR) is 142 cm³/mol. The first-order valence-electron chi connectivity index (χ1n) is 14.0. The summed E-state index contributed by atoms with van der Waals surface area (Å²) in [5.74, 6) is 3.57. The fraction of sp³-hybridized carbons (Fsp3) is 0.767. The number of allylic oxidation sites excluding steroid dienone is 3. The molecular weight excluding hydrogens is 420 g/mol. The van der Waals surface area contributed by atoms with E-state index in [9.17, 15) is 9.59 Å². The molecule has 0 aromatic rings. The van der Waals surface area contributed by atoms with Gasteiger partial charge in [-0.3, -0.25) is 14.6 Å². The Labute approximate surface area is 208 Å². The third-order valence-corrected chi connectivity index (χ3v) is 9.08. The van der Waals surface area contributed by atoms with E-state index < -0.39 is 0 Å². The zero-order chi connectivity index (χ0) is 24.8. The van der Waals surface area contributed by atoms with Crippen molar-refractivity contribution in [3.8, 4) is 0 Å². The van der Waals surface area contributed by atoms with Crippen molar-refractivity contribution in [3.63, 3.8) is 0 Å². The molecule has 0 spiro atoms. The van der Waals surface area contributed by atoms with Gasteiger partial charge in [0.05, 0.1) is 5.57 Å². The van der Waals surface area contributed by atoms with E-state index in [0.717, 1.165) is 61.6 Å². The highest BCUT2D eigenvalue weighted by atomic mass is 16.2. The summed E-state index contributed by atoms with van der Waals surface area (Å²) < 4.78 is 0. The normalized spacial score (nSPS) is 32.6. The molecule has 0 radical (unpaired) electrons. The van der Waals surface area contributed by atoms with E-state index in [1.54, 1.807) is 11.1 Å². The highest BCUT2D eigenvalue weighted by Crippen LogP contribution is 2.44. The largest absolute Gasteiger partial charge is 0.342 e. The molecular formula is C30H48N2O2. The van der Waals surface area contributed by atoms with Crippen LogP contribution in [0, 0.1) is 35.5 Å². The fourth-order valence-corrected chi connectivity index (χ4v) is 6.35. The van der Waals surface area contributed by atoms with Crippen LogP contribution >= 0.6 is 0 Å². The lowest BCUT2D eigenvalue weighted by Gasteiger charge is -2.39. The van der Waals surface area contributed by atoms with Gasteiger partial charge in [-0.05, 0) is 82.0 Å². The highest BCUT2D eigenvalue weighted by Gasteiger charge is 2.36. The SMILES string of the molecule is CCC(C)=C(C=NC1=CC(C)C(CC(=O)C2CC3CCCC(C3)C2)CCC1C)C(=O)N(C)CC. The number of fused-ring (bicyclic) bond motifs is 2.